The highest BCUT2D eigenvalue weighted by Gasteiger charge is 2.11. The zero-order valence-corrected chi connectivity index (χ0v) is 12.2. The molecule has 0 N–H and O–H groups in total. The van der Waals surface area contributed by atoms with E-state index in [1.54, 1.807) is 12.1 Å². The van der Waals surface area contributed by atoms with Crippen molar-refractivity contribution >= 4 is 17.4 Å². The molecule has 104 valence electrons. The average molecular weight is 291 g/mol. The van der Waals surface area contributed by atoms with Crippen LogP contribution < -0.4 is 0 Å². The second-order valence-corrected chi connectivity index (χ2v) is 5.55. The van der Waals surface area contributed by atoms with Crippen molar-refractivity contribution in [2.24, 2.45) is 0 Å². The second-order valence-electron chi connectivity index (χ2n) is 5.11. The number of hydrogen-bond acceptors (Lipinski definition) is 1. The Bertz CT molecular complexity index is 617. The van der Waals surface area contributed by atoms with Gasteiger partial charge in [-0.05, 0) is 35.2 Å². The van der Waals surface area contributed by atoms with Crippen LogP contribution in [0.1, 0.15) is 41.3 Å². The molecule has 3 heteroatoms. The fourth-order valence-corrected chi connectivity index (χ4v) is 2.20. The van der Waals surface area contributed by atoms with E-state index in [0.717, 1.165) is 0 Å². The van der Waals surface area contributed by atoms with Gasteiger partial charge in [-0.3, -0.25) is 4.79 Å². The van der Waals surface area contributed by atoms with Crippen molar-refractivity contribution in [3.63, 3.8) is 0 Å². The molecule has 2 aromatic carbocycles. The maximum atomic E-state index is 13.6. The van der Waals surface area contributed by atoms with Crippen LogP contribution in [0.15, 0.2) is 42.5 Å². The number of carbonyl (C=O) groups excluding carboxylic acids is 1. The van der Waals surface area contributed by atoms with Crippen molar-refractivity contribution in [2.45, 2.75) is 26.2 Å². The van der Waals surface area contributed by atoms with Gasteiger partial charge in [-0.25, -0.2) is 4.39 Å². The molecular formula is C17H16ClFO. The SMILES string of the molecule is CC(C)c1ccc(C(=O)Cc2cc(Cl)ccc2F)cc1. The fraction of sp³-hybridized carbons (Fsp3) is 0.235. The van der Waals surface area contributed by atoms with E-state index in [4.69, 9.17) is 11.6 Å². The summed E-state index contributed by atoms with van der Waals surface area (Å²) in [4.78, 5) is 12.1. The smallest absolute Gasteiger partial charge is 0.167 e. The first kappa shape index (κ1) is 14.7. The minimum Gasteiger partial charge on any atom is -0.294 e. The number of rotatable bonds is 4. The third-order valence-electron chi connectivity index (χ3n) is 3.26. The van der Waals surface area contributed by atoms with Crippen molar-refractivity contribution < 1.29 is 9.18 Å². The lowest BCUT2D eigenvalue weighted by atomic mass is 9.98. The Labute approximate surface area is 123 Å². The molecule has 0 unspecified atom stereocenters. The maximum absolute atomic E-state index is 13.6. The van der Waals surface area contributed by atoms with E-state index in [1.807, 2.05) is 12.1 Å². The Morgan fingerprint density at radius 2 is 1.80 bits per heavy atom. The van der Waals surface area contributed by atoms with Gasteiger partial charge in [0.25, 0.3) is 0 Å². The van der Waals surface area contributed by atoms with Crippen molar-refractivity contribution in [3.05, 3.63) is 70.0 Å². The standard InChI is InChI=1S/C17H16ClFO/c1-11(2)12-3-5-13(6-4-12)17(20)10-14-9-15(18)7-8-16(14)19/h3-9,11H,10H2,1-2H3. The summed E-state index contributed by atoms with van der Waals surface area (Å²) in [6.45, 7) is 4.19. The Morgan fingerprint density at radius 1 is 1.15 bits per heavy atom. The Morgan fingerprint density at radius 3 is 2.40 bits per heavy atom. The van der Waals surface area contributed by atoms with Gasteiger partial charge in [-0.1, -0.05) is 49.7 Å². The summed E-state index contributed by atoms with van der Waals surface area (Å²) in [6, 6.07) is 11.7. The first-order chi connectivity index (χ1) is 9.47. The fourth-order valence-electron chi connectivity index (χ4n) is 2.01. The van der Waals surface area contributed by atoms with Crippen LogP contribution in [0.3, 0.4) is 0 Å². The predicted octanol–water partition coefficient (Wildman–Crippen LogP) is 5.03. The largest absolute Gasteiger partial charge is 0.294 e. The lowest BCUT2D eigenvalue weighted by Crippen LogP contribution is -2.05. The van der Waals surface area contributed by atoms with Crippen molar-refractivity contribution in [2.75, 3.05) is 0 Å². The van der Waals surface area contributed by atoms with E-state index in [1.165, 1.54) is 23.8 Å². The van der Waals surface area contributed by atoms with Crippen molar-refractivity contribution in [1.29, 1.82) is 0 Å². The molecule has 0 saturated heterocycles. The van der Waals surface area contributed by atoms with E-state index in [9.17, 15) is 9.18 Å². The van der Waals surface area contributed by atoms with Gasteiger partial charge in [0.05, 0.1) is 0 Å². The molecule has 0 radical (unpaired) electrons. The molecule has 0 saturated carbocycles. The summed E-state index contributed by atoms with van der Waals surface area (Å²) < 4.78 is 13.6. The highest BCUT2D eigenvalue weighted by atomic mass is 35.5. The van der Waals surface area contributed by atoms with Crippen LogP contribution in [0.5, 0.6) is 0 Å². The summed E-state index contributed by atoms with van der Waals surface area (Å²) in [6.07, 6.45) is 0.0212. The normalized spacial score (nSPS) is 10.8. The number of hydrogen-bond donors (Lipinski definition) is 0. The van der Waals surface area contributed by atoms with E-state index in [0.29, 0.717) is 22.1 Å². The topological polar surface area (TPSA) is 17.1 Å². The minimum atomic E-state index is -0.401. The van der Waals surface area contributed by atoms with Gasteiger partial charge in [0.1, 0.15) is 5.82 Å². The first-order valence-corrected chi connectivity index (χ1v) is 6.92. The molecule has 20 heavy (non-hydrogen) atoms. The van der Waals surface area contributed by atoms with Crippen LogP contribution in [-0.2, 0) is 6.42 Å². The van der Waals surface area contributed by atoms with Crippen LogP contribution >= 0.6 is 11.6 Å². The molecule has 0 amide bonds. The molecule has 0 aromatic heterocycles. The van der Waals surface area contributed by atoms with Crippen LogP contribution in [0.4, 0.5) is 4.39 Å². The average Bonchev–Trinajstić information content (AvgIpc) is 2.43. The third-order valence-corrected chi connectivity index (χ3v) is 3.49. The number of Topliss-reactive ketones (excluding diaryl/α,β-unsaturated/α-hetero) is 1. The molecule has 0 bridgehead atoms. The summed E-state index contributed by atoms with van der Waals surface area (Å²) in [5, 5.41) is 0.435. The van der Waals surface area contributed by atoms with Gasteiger partial charge in [0.15, 0.2) is 5.78 Å². The summed E-state index contributed by atoms with van der Waals surface area (Å²) in [5.74, 6) is -0.0902. The highest BCUT2D eigenvalue weighted by molar-refractivity contribution is 6.30. The van der Waals surface area contributed by atoms with Crippen molar-refractivity contribution in [3.8, 4) is 0 Å². The maximum Gasteiger partial charge on any atom is 0.167 e. The Kier molecular flexibility index (Phi) is 4.56. The summed E-state index contributed by atoms with van der Waals surface area (Å²) >= 11 is 5.82. The molecule has 0 heterocycles. The van der Waals surface area contributed by atoms with E-state index >= 15 is 0 Å². The van der Waals surface area contributed by atoms with Crippen LogP contribution in [0, 0.1) is 5.82 Å². The number of benzene rings is 2. The van der Waals surface area contributed by atoms with Crippen LogP contribution in [-0.4, -0.2) is 5.78 Å². The summed E-state index contributed by atoms with van der Waals surface area (Å²) in [5.41, 5.74) is 2.10. The van der Waals surface area contributed by atoms with Gasteiger partial charge in [0.2, 0.25) is 0 Å². The molecule has 2 rings (SSSR count). The van der Waals surface area contributed by atoms with Crippen LogP contribution in [0.25, 0.3) is 0 Å². The van der Waals surface area contributed by atoms with Gasteiger partial charge in [0, 0.05) is 17.0 Å². The predicted molar refractivity (Wildman–Crippen MR) is 80.0 cm³/mol. The quantitative estimate of drug-likeness (QED) is 0.722. The molecule has 0 atom stereocenters. The minimum absolute atomic E-state index is 0.0212. The van der Waals surface area contributed by atoms with Gasteiger partial charge >= 0.3 is 0 Å². The molecule has 0 spiro atoms. The zero-order valence-electron chi connectivity index (χ0n) is 11.5. The molecule has 0 aliphatic carbocycles. The number of halogens is 2. The molecule has 0 aliphatic rings. The van der Waals surface area contributed by atoms with E-state index in [2.05, 4.69) is 13.8 Å². The molecule has 2 aromatic rings. The van der Waals surface area contributed by atoms with E-state index < -0.39 is 5.82 Å². The number of carbonyl (C=O) groups is 1. The zero-order chi connectivity index (χ0) is 14.7. The Balaban J connectivity index is 2.17. The van der Waals surface area contributed by atoms with Gasteiger partial charge in [-0.15, -0.1) is 0 Å². The first-order valence-electron chi connectivity index (χ1n) is 6.54. The number of ketones is 1. The van der Waals surface area contributed by atoms with E-state index in [-0.39, 0.29) is 12.2 Å². The molecule has 0 aliphatic heterocycles. The monoisotopic (exact) mass is 290 g/mol. The molecular weight excluding hydrogens is 275 g/mol. The lowest BCUT2D eigenvalue weighted by molar-refractivity contribution is 0.0992. The lowest BCUT2D eigenvalue weighted by Gasteiger charge is -2.07. The third kappa shape index (κ3) is 3.45. The van der Waals surface area contributed by atoms with Crippen LogP contribution in [0.2, 0.25) is 5.02 Å². The van der Waals surface area contributed by atoms with Crippen molar-refractivity contribution in [1.82, 2.24) is 0 Å². The summed E-state index contributed by atoms with van der Waals surface area (Å²) in [7, 11) is 0. The van der Waals surface area contributed by atoms with Gasteiger partial charge in [-0.2, -0.15) is 0 Å². The molecule has 0 fully saturated rings. The highest BCUT2D eigenvalue weighted by Crippen LogP contribution is 2.19. The Hall–Kier alpha value is -1.67. The second kappa shape index (κ2) is 6.19. The van der Waals surface area contributed by atoms with Gasteiger partial charge < -0.3 is 0 Å². The molecule has 1 nitrogen and oxygen atoms in total.